The number of non-ortho nitro benzene ring substituents is 1. The molecule has 0 saturated carbocycles. The van der Waals surface area contributed by atoms with Gasteiger partial charge in [-0.15, -0.1) is 0 Å². The number of carbonyl (C=O) groups excluding carboxylic acids is 1. The van der Waals surface area contributed by atoms with Crippen LogP contribution in [0.5, 0.6) is 11.5 Å². The average Bonchev–Trinajstić information content (AvgIpc) is 2.65. The molecule has 0 unspecified atom stereocenters. The van der Waals surface area contributed by atoms with E-state index in [1.165, 1.54) is 24.3 Å². The van der Waals surface area contributed by atoms with Crippen molar-refractivity contribution in [3.63, 3.8) is 0 Å². The number of ether oxygens (including phenoxy) is 2. The summed E-state index contributed by atoms with van der Waals surface area (Å²) in [7, 11) is 1.62. The fraction of sp³-hybridized carbons (Fsp3) is 0.150. The molecule has 6 nitrogen and oxygen atoms in total. The number of allylic oxidation sites excluding steroid dienone is 3. The molecule has 0 N–H and O–H groups in total. The lowest BCUT2D eigenvalue weighted by atomic mass is 10.1. The van der Waals surface area contributed by atoms with Gasteiger partial charge in [-0.2, -0.15) is 0 Å². The monoisotopic (exact) mass is 353 g/mol. The number of hydrogen-bond acceptors (Lipinski definition) is 5. The second-order valence-electron chi connectivity index (χ2n) is 5.44. The molecule has 0 bridgehead atoms. The zero-order valence-corrected chi connectivity index (χ0v) is 14.5. The van der Waals surface area contributed by atoms with Crippen molar-refractivity contribution in [2.45, 2.75) is 13.3 Å². The molecule has 0 saturated heterocycles. The van der Waals surface area contributed by atoms with Gasteiger partial charge in [-0.05, 0) is 42.3 Å². The molecule has 0 aliphatic heterocycles. The molecule has 0 aliphatic carbocycles. The van der Waals surface area contributed by atoms with E-state index >= 15 is 0 Å². The third-order valence-corrected chi connectivity index (χ3v) is 3.59. The number of methoxy groups -OCH3 is 1. The van der Waals surface area contributed by atoms with Crippen LogP contribution in [0, 0.1) is 10.1 Å². The lowest BCUT2D eigenvalue weighted by Crippen LogP contribution is -2.06. The molecule has 26 heavy (non-hydrogen) atoms. The van der Waals surface area contributed by atoms with Crippen molar-refractivity contribution >= 4 is 17.2 Å². The molecule has 2 aromatic rings. The first-order valence-corrected chi connectivity index (χ1v) is 7.92. The summed E-state index contributed by atoms with van der Waals surface area (Å²) in [6, 6.07) is 13.1. The first-order chi connectivity index (χ1) is 12.5. The van der Waals surface area contributed by atoms with Crippen LogP contribution in [-0.2, 0) is 4.79 Å². The summed E-state index contributed by atoms with van der Waals surface area (Å²) in [6.07, 6.45) is 5.49. The van der Waals surface area contributed by atoms with E-state index in [1.54, 1.807) is 19.3 Å². The second kappa shape index (κ2) is 9.17. The summed E-state index contributed by atoms with van der Waals surface area (Å²) in [6.45, 7) is 1.97. The van der Waals surface area contributed by atoms with Crippen LogP contribution < -0.4 is 9.47 Å². The van der Waals surface area contributed by atoms with Gasteiger partial charge in [-0.1, -0.05) is 30.4 Å². The summed E-state index contributed by atoms with van der Waals surface area (Å²) in [4.78, 5) is 21.8. The number of esters is 1. The highest BCUT2D eigenvalue weighted by molar-refractivity contribution is 5.74. The third-order valence-electron chi connectivity index (χ3n) is 3.59. The molecule has 2 aromatic carbocycles. The van der Waals surface area contributed by atoms with E-state index in [0.717, 1.165) is 16.9 Å². The SMILES string of the molecule is COc1ccc(/C(C)=C/C=C/CC(=O)Oc2ccc([N+](=O)[O-])cc2)cc1. The standard InChI is InChI=1S/C20H19NO5/c1-15(16-7-11-18(25-2)12-8-16)5-3-4-6-20(22)26-19-13-9-17(10-14-19)21(23)24/h3-5,7-14H,6H2,1-2H3/b4-3+,15-5+. The van der Waals surface area contributed by atoms with E-state index in [0.29, 0.717) is 0 Å². The summed E-state index contributed by atoms with van der Waals surface area (Å²) in [5, 5.41) is 10.6. The molecule has 6 heteroatoms. The maximum atomic E-state index is 11.8. The maximum absolute atomic E-state index is 11.8. The normalized spacial score (nSPS) is 11.4. The summed E-state index contributed by atoms with van der Waals surface area (Å²) in [5.41, 5.74) is 2.06. The van der Waals surface area contributed by atoms with Gasteiger partial charge >= 0.3 is 5.97 Å². The third kappa shape index (κ3) is 5.59. The predicted octanol–water partition coefficient (Wildman–Crippen LogP) is 4.56. The number of nitrogens with zero attached hydrogens (tertiary/aromatic N) is 1. The minimum Gasteiger partial charge on any atom is -0.497 e. The van der Waals surface area contributed by atoms with E-state index in [1.807, 2.05) is 37.3 Å². The van der Waals surface area contributed by atoms with Gasteiger partial charge < -0.3 is 9.47 Å². The zero-order chi connectivity index (χ0) is 18.9. The van der Waals surface area contributed by atoms with Crippen LogP contribution in [0.15, 0.2) is 66.8 Å². The van der Waals surface area contributed by atoms with E-state index < -0.39 is 10.9 Å². The van der Waals surface area contributed by atoms with Crippen molar-refractivity contribution in [3.8, 4) is 11.5 Å². The van der Waals surface area contributed by atoms with Crippen LogP contribution in [0.25, 0.3) is 5.57 Å². The van der Waals surface area contributed by atoms with E-state index in [2.05, 4.69) is 0 Å². The smallest absolute Gasteiger partial charge is 0.315 e. The summed E-state index contributed by atoms with van der Waals surface area (Å²) < 4.78 is 10.2. The molecule has 0 radical (unpaired) electrons. The number of rotatable bonds is 7. The topological polar surface area (TPSA) is 78.7 Å². The Morgan fingerprint density at radius 3 is 2.27 bits per heavy atom. The van der Waals surface area contributed by atoms with Crippen LogP contribution in [0.2, 0.25) is 0 Å². The van der Waals surface area contributed by atoms with Crippen LogP contribution >= 0.6 is 0 Å². The van der Waals surface area contributed by atoms with Gasteiger partial charge in [0.25, 0.3) is 5.69 Å². The molecule has 0 atom stereocenters. The Hall–Kier alpha value is -3.41. The zero-order valence-electron chi connectivity index (χ0n) is 14.5. The van der Waals surface area contributed by atoms with Crippen molar-refractivity contribution in [1.82, 2.24) is 0 Å². The minimum absolute atomic E-state index is 0.0520. The van der Waals surface area contributed by atoms with E-state index in [9.17, 15) is 14.9 Å². The molecule has 0 amide bonds. The highest BCUT2D eigenvalue weighted by Gasteiger charge is 2.07. The van der Waals surface area contributed by atoms with Crippen molar-refractivity contribution in [2.24, 2.45) is 0 Å². The van der Waals surface area contributed by atoms with Crippen LogP contribution in [0.1, 0.15) is 18.9 Å². The Labute approximate surface area is 151 Å². The Balaban J connectivity index is 1.86. The summed E-state index contributed by atoms with van der Waals surface area (Å²) in [5.74, 6) is 0.635. The fourth-order valence-electron chi connectivity index (χ4n) is 2.14. The Kier molecular flexibility index (Phi) is 6.68. The maximum Gasteiger partial charge on any atom is 0.315 e. The first-order valence-electron chi connectivity index (χ1n) is 7.92. The van der Waals surface area contributed by atoms with E-state index in [-0.39, 0.29) is 17.9 Å². The molecule has 0 aliphatic rings. The van der Waals surface area contributed by atoms with Crippen LogP contribution in [0.3, 0.4) is 0 Å². The lowest BCUT2D eigenvalue weighted by molar-refractivity contribution is -0.384. The minimum atomic E-state index is -0.508. The number of nitro benzene ring substituents is 1. The molecular weight excluding hydrogens is 334 g/mol. The second-order valence-corrected chi connectivity index (χ2v) is 5.44. The molecule has 0 heterocycles. The van der Waals surface area contributed by atoms with Gasteiger partial charge in [-0.3, -0.25) is 14.9 Å². The molecule has 0 fully saturated rings. The van der Waals surface area contributed by atoms with Crippen molar-refractivity contribution < 1.29 is 19.2 Å². The number of hydrogen-bond donors (Lipinski definition) is 0. The molecule has 134 valence electrons. The Bertz CT molecular complexity index is 820. The van der Waals surface area contributed by atoms with Gasteiger partial charge in [0.1, 0.15) is 11.5 Å². The van der Waals surface area contributed by atoms with E-state index in [4.69, 9.17) is 9.47 Å². The van der Waals surface area contributed by atoms with Crippen molar-refractivity contribution in [1.29, 1.82) is 0 Å². The van der Waals surface area contributed by atoms with Crippen LogP contribution in [-0.4, -0.2) is 18.0 Å². The van der Waals surface area contributed by atoms with Gasteiger partial charge in [0, 0.05) is 12.1 Å². The van der Waals surface area contributed by atoms with Crippen molar-refractivity contribution in [3.05, 3.63) is 82.4 Å². The molecular formula is C20H19NO5. The number of nitro groups is 1. The van der Waals surface area contributed by atoms with Gasteiger partial charge in [0.2, 0.25) is 0 Å². The van der Waals surface area contributed by atoms with Gasteiger partial charge in [0.15, 0.2) is 0 Å². The van der Waals surface area contributed by atoms with Crippen LogP contribution in [0.4, 0.5) is 5.69 Å². The Morgan fingerprint density at radius 1 is 1.08 bits per heavy atom. The summed E-state index contributed by atoms with van der Waals surface area (Å²) >= 11 is 0. The quantitative estimate of drug-likeness (QED) is 0.240. The first kappa shape index (κ1) is 18.9. The highest BCUT2D eigenvalue weighted by Crippen LogP contribution is 2.19. The average molecular weight is 353 g/mol. The highest BCUT2D eigenvalue weighted by atomic mass is 16.6. The number of benzene rings is 2. The fourth-order valence-corrected chi connectivity index (χ4v) is 2.14. The van der Waals surface area contributed by atoms with Crippen molar-refractivity contribution in [2.75, 3.05) is 7.11 Å². The Morgan fingerprint density at radius 2 is 1.69 bits per heavy atom. The molecule has 2 rings (SSSR count). The molecule has 0 spiro atoms. The van der Waals surface area contributed by atoms with Gasteiger partial charge in [0.05, 0.1) is 18.5 Å². The molecule has 0 aromatic heterocycles. The van der Waals surface area contributed by atoms with Gasteiger partial charge in [-0.25, -0.2) is 0 Å². The number of carbonyl (C=O) groups is 1. The predicted molar refractivity (Wildman–Crippen MR) is 99.1 cm³/mol. The lowest BCUT2D eigenvalue weighted by Gasteiger charge is -2.03. The largest absolute Gasteiger partial charge is 0.497 e.